The summed E-state index contributed by atoms with van der Waals surface area (Å²) in [4.78, 5) is 12.1. The van der Waals surface area contributed by atoms with Gasteiger partial charge in [0.2, 0.25) is 0 Å². The van der Waals surface area contributed by atoms with E-state index in [0.29, 0.717) is 11.3 Å². The zero-order chi connectivity index (χ0) is 16.6. The first kappa shape index (κ1) is 15.6. The highest BCUT2D eigenvalue weighted by Gasteiger charge is 2.24. The van der Waals surface area contributed by atoms with Crippen molar-refractivity contribution in [3.63, 3.8) is 0 Å². The molecule has 0 amide bonds. The third-order valence-electron chi connectivity index (χ3n) is 4.22. The van der Waals surface area contributed by atoms with Crippen molar-refractivity contribution in [3.05, 3.63) is 59.2 Å². The molecule has 0 saturated heterocycles. The molecule has 1 aromatic heterocycles. The van der Waals surface area contributed by atoms with E-state index in [1.54, 1.807) is 25.3 Å². The van der Waals surface area contributed by atoms with Gasteiger partial charge in [0.15, 0.2) is 5.78 Å². The predicted octanol–water partition coefficient (Wildman–Crippen LogP) is 2.80. The Morgan fingerprint density at radius 1 is 1.30 bits per heavy atom. The molecule has 0 fully saturated rings. The van der Waals surface area contributed by atoms with Crippen molar-refractivity contribution in [3.8, 4) is 0 Å². The molecule has 1 aromatic carbocycles. The minimum atomic E-state index is -1.10. The molecule has 23 heavy (non-hydrogen) atoms. The van der Waals surface area contributed by atoms with Crippen LogP contribution in [0.5, 0.6) is 0 Å². The second kappa shape index (κ2) is 5.76. The summed E-state index contributed by atoms with van der Waals surface area (Å²) in [5, 5.41) is 19.3. The fourth-order valence-electron chi connectivity index (χ4n) is 2.84. The maximum Gasteiger partial charge on any atom is 0.184 e. The van der Waals surface area contributed by atoms with Crippen LogP contribution in [0.4, 0.5) is 4.39 Å². The third kappa shape index (κ3) is 2.98. The molecule has 0 aliphatic carbocycles. The average Bonchev–Trinajstić information content (AvgIpc) is 2.88. The van der Waals surface area contributed by atoms with Gasteiger partial charge in [-0.1, -0.05) is 24.3 Å². The number of rotatable bonds is 4. The molecule has 3 rings (SSSR count). The molecule has 2 aromatic rings. The van der Waals surface area contributed by atoms with Crippen LogP contribution in [0.3, 0.4) is 0 Å². The van der Waals surface area contributed by atoms with Gasteiger partial charge in [-0.15, -0.1) is 0 Å². The topological polar surface area (TPSA) is 62.5 Å². The second-order valence-electron chi connectivity index (χ2n) is 6.03. The molecule has 0 spiro atoms. The fraction of sp³-hybridized carbons (Fsp3) is 0.278. The van der Waals surface area contributed by atoms with Gasteiger partial charge >= 0.3 is 0 Å². The maximum absolute atomic E-state index is 13.3. The number of carbonyl (C=O) groups excluding carboxylic acids is 1. The molecule has 5 heteroatoms. The molecule has 0 bridgehead atoms. The second-order valence-corrected chi connectivity index (χ2v) is 6.03. The monoisotopic (exact) mass is 315 g/mol. The van der Waals surface area contributed by atoms with Crippen molar-refractivity contribution < 1.29 is 19.4 Å². The van der Waals surface area contributed by atoms with Gasteiger partial charge in [0.25, 0.3) is 0 Å². The van der Waals surface area contributed by atoms with Crippen LogP contribution in [0.2, 0.25) is 0 Å². The van der Waals surface area contributed by atoms with E-state index in [2.05, 4.69) is 0 Å². The number of hydrogen-bond acceptors (Lipinski definition) is 3. The molecular weight excluding hydrogens is 297 g/mol. The van der Waals surface area contributed by atoms with E-state index >= 15 is 0 Å². The number of halogens is 1. The van der Waals surface area contributed by atoms with Gasteiger partial charge in [0.05, 0.1) is 11.3 Å². The lowest BCUT2D eigenvalue weighted by molar-refractivity contribution is 0.0299. The number of hydrogen-bond donors (Lipinski definition) is 2. The van der Waals surface area contributed by atoms with Crippen molar-refractivity contribution in [1.29, 1.82) is 0 Å². The Hall–Kier alpha value is -2.24. The lowest BCUT2D eigenvalue weighted by Crippen LogP contribution is -2.22. The fourth-order valence-corrected chi connectivity index (χ4v) is 2.84. The number of allylic oxidation sites excluding steroid dienone is 1. The predicted molar refractivity (Wildman–Crippen MR) is 85.2 cm³/mol. The van der Waals surface area contributed by atoms with E-state index in [9.17, 15) is 14.3 Å². The molecule has 2 N–H and O–H groups in total. The van der Waals surface area contributed by atoms with Crippen molar-refractivity contribution >= 4 is 17.6 Å². The Morgan fingerprint density at radius 3 is 2.65 bits per heavy atom. The van der Waals surface area contributed by atoms with Gasteiger partial charge < -0.3 is 14.8 Å². The summed E-state index contributed by atoms with van der Waals surface area (Å²) in [5.74, 6) is -0.552. The zero-order valence-corrected chi connectivity index (χ0v) is 12.8. The summed E-state index contributed by atoms with van der Waals surface area (Å²) in [7, 11) is 0. The molecule has 2 heterocycles. The van der Waals surface area contributed by atoms with Crippen LogP contribution in [0.15, 0.2) is 36.5 Å². The highest BCUT2D eigenvalue weighted by atomic mass is 19.1. The van der Waals surface area contributed by atoms with Crippen LogP contribution < -0.4 is 0 Å². The molecule has 1 aliphatic rings. The summed E-state index contributed by atoms with van der Waals surface area (Å²) < 4.78 is 14.8. The smallest absolute Gasteiger partial charge is 0.184 e. The molecule has 0 radical (unpaired) electrons. The van der Waals surface area contributed by atoms with E-state index in [1.807, 2.05) is 12.1 Å². The van der Waals surface area contributed by atoms with Crippen molar-refractivity contribution in [1.82, 2.24) is 4.57 Å². The molecule has 1 atom stereocenters. The summed E-state index contributed by atoms with van der Waals surface area (Å²) in [6.07, 6.45) is 3.50. The standard InChI is InChI=1S/C18H18FNO3/c1-18(23,6-7-21)14-4-2-12(3-5-14)13-8-17(22)16-9-15(19)11-20(16)10-13/h2-5,9-11,21,23H,6-8H2,1H3. The number of carbonyl (C=O) groups is 1. The number of nitrogens with zero attached hydrogens (tertiary/aromatic N) is 1. The number of aromatic nitrogens is 1. The average molecular weight is 315 g/mol. The van der Waals surface area contributed by atoms with Gasteiger partial charge in [0, 0.05) is 37.9 Å². The van der Waals surface area contributed by atoms with Crippen molar-refractivity contribution in [2.45, 2.75) is 25.4 Å². The summed E-state index contributed by atoms with van der Waals surface area (Å²) in [6, 6.07) is 8.45. The number of benzene rings is 1. The Kier molecular flexibility index (Phi) is 3.92. The largest absolute Gasteiger partial charge is 0.396 e. The van der Waals surface area contributed by atoms with Gasteiger partial charge in [-0.25, -0.2) is 4.39 Å². The third-order valence-corrected chi connectivity index (χ3v) is 4.22. The van der Waals surface area contributed by atoms with Crippen LogP contribution in [-0.2, 0) is 5.60 Å². The maximum atomic E-state index is 13.3. The van der Waals surface area contributed by atoms with E-state index in [-0.39, 0.29) is 25.2 Å². The van der Waals surface area contributed by atoms with E-state index in [1.165, 1.54) is 16.8 Å². The van der Waals surface area contributed by atoms with Crippen LogP contribution in [0, 0.1) is 5.82 Å². The number of aliphatic hydroxyl groups excluding tert-OH is 1. The normalized spacial score (nSPS) is 16.7. The first-order valence-electron chi connectivity index (χ1n) is 7.46. The molecule has 1 aliphatic heterocycles. The van der Waals surface area contributed by atoms with Crippen LogP contribution in [0.25, 0.3) is 11.8 Å². The SMILES string of the molecule is CC(O)(CCO)c1ccc(C2=Cn3cc(F)cc3C(=O)C2)cc1. The van der Waals surface area contributed by atoms with Crippen LogP contribution >= 0.6 is 0 Å². The summed E-state index contributed by atoms with van der Waals surface area (Å²) >= 11 is 0. The number of aliphatic hydroxyl groups is 2. The minimum absolute atomic E-state index is 0.101. The Labute approximate surface area is 133 Å². The number of ketones is 1. The molecule has 4 nitrogen and oxygen atoms in total. The highest BCUT2D eigenvalue weighted by Crippen LogP contribution is 2.30. The molecule has 1 unspecified atom stereocenters. The quantitative estimate of drug-likeness (QED) is 0.912. The lowest BCUT2D eigenvalue weighted by atomic mass is 9.90. The van der Waals surface area contributed by atoms with Gasteiger partial charge in [0.1, 0.15) is 5.82 Å². The van der Waals surface area contributed by atoms with Crippen LogP contribution in [0.1, 0.15) is 41.4 Å². The highest BCUT2D eigenvalue weighted by molar-refractivity contribution is 6.06. The van der Waals surface area contributed by atoms with E-state index < -0.39 is 11.4 Å². The minimum Gasteiger partial charge on any atom is -0.396 e. The summed E-state index contributed by atoms with van der Waals surface area (Å²) in [6.45, 7) is 1.55. The first-order chi connectivity index (χ1) is 10.9. The zero-order valence-electron chi connectivity index (χ0n) is 12.8. The Morgan fingerprint density at radius 2 is 2.00 bits per heavy atom. The molecule has 0 saturated carbocycles. The van der Waals surface area contributed by atoms with Crippen molar-refractivity contribution in [2.24, 2.45) is 0 Å². The van der Waals surface area contributed by atoms with E-state index in [0.717, 1.165) is 11.1 Å². The lowest BCUT2D eigenvalue weighted by Gasteiger charge is -2.23. The molecular formula is C18H18FNO3. The number of Topliss-reactive ketones (excluding diaryl/α,β-unsaturated/α-hetero) is 1. The first-order valence-corrected chi connectivity index (χ1v) is 7.46. The molecule has 120 valence electrons. The van der Waals surface area contributed by atoms with Gasteiger partial charge in [-0.3, -0.25) is 4.79 Å². The van der Waals surface area contributed by atoms with Crippen LogP contribution in [-0.4, -0.2) is 27.2 Å². The summed E-state index contributed by atoms with van der Waals surface area (Å²) in [5.41, 5.74) is 1.61. The van der Waals surface area contributed by atoms with Crippen molar-refractivity contribution in [2.75, 3.05) is 6.61 Å². The van der Waals surface area contributed by atoms with E-state index in [4.69, 9.17) is 5.11 Å². The Bertz CT molecular complexity index is 772. The number of fused-ring (bicyclic) bond motifs is 1. The van der Waals surface area contributed by atoms with Gasteiger partial charge in [-0.2, -0.15) is 0 Å². The Balaban J connectivity index is 1.91. The van der Waals surface area contributed by atoms with Gasteiger partial charge in [-0.05, 0) is 23.6 Å².